The zero-order chi connectivity index (χ0) is 5.40. The van der Waals surface area contributed by atoms with Gasteiger partial charge in [0.1, 0.15) is 19.0 Å². The molecule has 2 aliphatic rings. The Labute approximate surface area is 48.0 Å². The third kappa shape index (κ3) is 0.555. The summed E-state index contributed by atoms with van der Waals surface area (Å²) in [7, 11) is 0. The second kappa shape index (κ2) is 1.69. The van der Waals surface area contributed by atoms with E-state index in [1.54, 1.807) is 0 Å². The number of nitrogens with one attached hydrogen (secondary N) is 1. The Balaban J connectivity index is 2.04. The summed E-state index contributed by atoms with van der Waals surface area (Å²) < 4.78 is 10.4. The maximum atomic E-state index is 5.19. The minimum absolute atomic E-state index is 0.343. The summed E-state index contributed by atoms with van der Waals surface area (Å²) in [5, 5.41) is 3.17. The monoisotopic (exact) mass is 115 g/mol. The van der Waals surface area contributed by atoms with Crippen LogP contribution in [0.5, 0.6) is 0 Å². The van der Waals surface area contributed by atoms with Crippen LogP contribution in [0.15, 0.2) is 0 Å². The summed E-state index contributed by atoms with van der Waals surface area (Å²) in [6, 6.07) is 0. The zero-order valence-electron chi connectivity index (χ0n) is 4.59. The van der Waals surface area contributed by atoms with Crippen molar-refractivity contribution in [2.75, 3.05) is 19.9 Å². The predicted octanol–water partition coefficient (Wildman–Crippen LogP) is -0.669. The number of hydrogen-bond donors (Lipinski definition) is 1. The van der Waals surface area contributed by atoms with Crippen molar-refractivity contribution in [3.8, 4) is 0 Å². The van der Waals surface area contributed by atoms with Gasteiger partial charge in [-0.25, -0.2) is 0 Å². The Kier molecular flexibility index (Phi) is 0.997. The van der Waals surface area contributed by atoms with Crippen molar-refractivity contribution in [1.82, 2.24) is 5.32 Å². The third-order valence-corrected chi connectivity index (χ3v) is 1.67. The molecule has 0 aliphatic carbocycles. The van der Waals surface area contributed by atoms with E-state index in [1.165, 1.54) is 0 Å². The van der Waals surface area contributed by atoms with Crippen LogP contribution in [0.2, 0.25) is 0 Å². The summed E-state index contributed by atoms with van der Waals surface area (Å²) in [6.45, 7) is 2.42. The van der Waals surface area contributed by atoms with E-state index in [9.17, 15) is 0 Å². The van der Waals surface area contributed by atoms with Crippen molar-refractivity contribution in [3.05, 3.63) is 0 Å². The molecular formula is C5H9NO2. The summed E-state index contributed by atoms with van der Waals surface area (Å²) in [5.41, 5.74) is 0. The van der Waals surface area contributed by atoms with E-state index in [2.05, 4.69) is 5.32 Å². The molecule has 1 N–H and O–H groups in total. The van der Waals surface area contributed by atoms with Crippen molar-refractivity contribution in [2.45, 2.75) is 12.2 Å². The van der Waals surface area contributed by atoms with Crippen molar-refractivity contribution in [3.63, 3.8) is 0 Å². The lowest BCUT2D eigenvalue weighted by Crippen LogP contribution is -2.18. The zero-order valence-corrected chi connectivity index (χ0v) is 4.59. The van der Waals surface area contributed by atoms with Crippen molar-refractivity contribution in [2.24, 2.45) is 0 Å². The lowest BCUT2D eigenvalue weighted by atomic mass is 10.3. The Hall–Kier alpha value is -0.120. The van der Waals surface area contributed by atoms with Gasteiger partial charge in [-0.1, -0.05) is 0 Å². The van der Waals surface area contributed by atoms with Crippen molar-refractivity contribution in [1.29, 1.82) is 0 Å². The highest BCUT2D eigenvalue weighted by molar-refractivity contribution is 4.84. The highest BCUT2D eigenvalue weighted by Gasteiger charge is 2.33. The molecule has 2 atom stereocenters. The van der Waals surface area contributed by atoms with Crippen molar-refractivity contribution >= 4 is 0 Å². The average molecular weight is 115 g/mol. The van der Waals surface area contributed by atoms with E-state index >= 15 is 0 Å². The smallest absolute Gasteiger partial charge is 0.147 e. The first-order valence-corrected chi connectivity index (χ1v) is 2.91. The maximum Gasteiger partial charge on any atom is 0.147 e. The molecule has 0 unspecified atom stereocenters. The van der Waals surface area contributed by atoms with E-state index < -0.39 is 0 Å². The van der Waals surface area contributed by atoms with E-state index in [0.29, 0.717) is 19.0 Å². The molecule has 0 aromatic rings. The molecule has 0 aromatic heterocycles. The molecule has 8 heavy (non-hydrogen) atoms. The van der Waals surface area contributed by atoms with Gasteiger partial charge in [0.2, 0.25) is 0 Å². The van der Waals surface area contributed by atoms with Gasteiger partial charge in [0.05, 0.1) is 0 Å². The summed E-state index contributed by atoms with van der Waals surface area (Å²) in [6.07, 6.45) is 0.685. The van der Waals surface area contributed by atoms with Crippen molar-refractivity contribution < 1.29 is 9.47 Å². The Morgan fingerprint density at radius 2 is 1.75 bits per heavy atom. The fourth-order valence-electron chi connectivity index (χ4n) is 1.18. The van der Waals surface area contributed by atoms with Crippen LogP contribution in [-0.4, -0.2) is 32.1 Å². The van der Waals surface area contributed by atoms with Crippen LogP contribution < -0.4 is 5.32 Å². The Morgan fingerprint density at radius 3 is 2.38 bits per heavy atom. The average Bonchev–Trinajstić information content (AvgIpc) is 2.15. The standard InChI is InChI=1S/C5H9NO2/c1-4-5(2-6-1)8-3-7-4/h4-6H,1-3H2/t4-,5-/m0/s1. The molecule has 2 heterocycles. The molecule has 0 aromatic carbocycles. The predicted molar refractivity (Wildman–Crippen MR) is 27.5 cm³/mol. The molecule has 0 bridgehead atoms. The van der Waals surface area contributed by atoms with E-state index in [1.807, 2.05) is 0 Å². The molecule has 46 valence electrons. The molecular weight excluding hydrogens is 106 g/mol. The molecule has 2 saturated heterocycles. The largest absolute Gasteiger partial charge is 0.348 e. The SMILES string of the molecule is C1O[C@H]2CNC[C@@H]2O1. The topological polar surface area (TPSA) is 30.5 Å². The molecule has 0 saturated carbocycles. The first kappa shape index (κ1) is 4.73. The molecule has 0 radical (unpaired) electrons. The quantitative estimate of drug-likeness (QED) is 0.454. The number of hydrogen-bond acceptors (Lipinski definition) is 3. The van der Waals surface area contributed by atoms with Crippen LogP contribution >= 0.6 is 0 Å². The molecule has 2 rings (SSSR count). The molecule has 2 aliphatic heterocycles. The van der Waals surface area contributed by atoms with E-state index in [4.69, 9.17) is 9.47 Å². The fraction of sp³-hybridized carbons (Fsp3) is 1.00. The first-order valence-electron chi connectivity index (χ1n) is 2.91. The van der Waals surface area contributed by atoms with E-state index in [0.717, 1.165) is 13.1 Å². The minimum Gasteiger partial charge on any atom is -0.348 e. The van der Waals surface area contributed by atoms with Gasteiger partial charge in [0.15, 0.2) is 0 Å². The molecule has 2 fully saturated rings. The highest BCUT2D eigenvalue weighted by Crippen LogP contribution is 2.15. The number of ether oxygens (including phenoxy) is 2. The van der Waals surface area contributed by atoms with Gasteiger partial charge in [0, 0.05) is 13.1 Å². The van der Waals surface area contributed by atoms with Gasteiger partial charge in [-0.3, -0.25) is 0 Å². The molecule has 3 heteroatoms. The van der Waals surface area contributed by atoms with Gasteiger partial charge in [-0.2, -0.15) is 0 Å². The van der Waals surface area contributed by atoms with Gasteiger partial charge in [-0.05, 0) is 0 Å². The van der Waals surface area contributed by atoms with Gasteiger partial charge in [-0.15, -0.1) is 0 Å². The lowest BCUT2D eigenvalue weighted by molar-refractivity contribution is 0.0324. The summed E-state index contributed by atoms with van der Waals surface area (Å²) in [4.78, 5) is 0. The van der Waals surface area contributed by atoms with Crippen LogP contribution in [0.1, 0.15) is 0 Å². The summed E-state index contributed by atoms with van der Waals surface area (Å²) in [5.74, 6) is 0. The normalized spacial score (nSPS) is 45.0. The first-order chi connectivity index (χ1) is 3.97. The number of rotatable bonds is 0. The van der Waals surface area contributed by atoms with Crippen LogP contribution in [0.4, 0.5) is 0 Å². The van der Waals surface area contributed by atoms with Crippen LogP contribution in [-0.2, 0) is 9.47 Å². The Morgan fingerprint density at radius 1 is 1.12 bits per heavy atom. The number of fused-ring (bicyclic) bond motifs is 1. The summed E-state index contributed by atoms with van der Waals surface area (Å²) >= 11 is 0. The molecule has 0 amide bonds. The highest BCUT2D eigenvalue weighted by atomic mass is 16.7. The van der Waals surface area contributed by atoms with Crippen LogP contribution in [0.3, 0.4) is 0 Å². The fourth-order valence-corrected chi connectivity index (χ4v) is 1.18. The van der Waals surface area contributed by atoms with Crippen LogP contribution in [0, 0.1) is 0 Å². The second-order valence-corrected chi connectivity index (χ2v) is 2.19. The lowest BCUT2D eigenvalue weighted by Gasteiger charge is -2.00. The minimum atomic E-state index is 0.343. The van der Waals surface area contributed by atoms with Gasteiger partial charge >= 0.3 is 0 Å². The van der Waals surface area contributed by atoms with E-state index in [-0.39, 0.29) is 0 Å². The maximum absolute atomic E-state index is 5.19. The second-order valence-electron chi connectivity index (χ2n) is 2.19. The van der Waals surface area contributed by atoms with Crippen LogP contribution in [0.25, 0.3) is 0 Å². The van der Waals surface area contributed by atoms with Gasteiger partial charge in [0.25, 0.3) is 0 Å². The van der Waals surface area contributed by atoms with Gasteiger partial charge < -0.3 is 14.8 Å². The molecule has 0 spiro atoms. The third-order valence-electron chi connectivity index (χ3n) is 1.67. The molecule has 3 nitrogen and oxygen atoms in total. The Bertz CT molecular complexity index is 76.4.